The number of hydrogen-bond acceptors (Lipinski definition) is 6. The molecule has 0 saturated carbocycles. The number of carbonyl (C=O) groups excluding carboxylic acids is 1. The summed E-state index contributed by atoms with van der Waals surface area (Å²) in [4.78, 5) is 17.6. The van der Waals surface area contributed by atoms with E-state index in [-0.39, 0.29) is 28.6 Å². The Bertz CT molecular complexity index is 1490. The molecular formula is C25H17N3O3S. The van der Waals surface area contributed by atoms with Gasteiger partial charge in [-0.05, 0) is 48.0 Å². The minimum atomic E-state index is -0.653. The van der Waals surface area contributed by atoms with Crippen LogP contribution in [0, 0.1) is 10.8 Å². The third-order valence-electron chi connectivity index (χ3n) is 5.62. The minimum Gasteiger partial charge on any atom is -0.498 e. The van der Waals surface area contributed by atoms with E-state index in [1.54, 1.807) is 18.2 Å². The molecule has 0 radical (unpaired) electrons. The number of para-hydroxylation sites is 1. The number of aromatic nitrogens is 1. The highest BCUT2D eigenvalue weighted by molar-refractivity contribution is 7.80. The Morgan fingerprint density at radius 3 is 2.50 bits per heavy atom. The maximum Gasteiger partial charge on any atom is 0.345 e. The minimum absolute atomic E-state index is 0.151. The van der Waals surface area contributed by atoms with Crippen LogP contribution in [0.5, 0.6) is 0 Å². The van der Waals surface area contributed by atoms with Gasteiger partial charge >= 0.3 is 5.97 Å². The van der Waals surface area contributed by atoms with Crippen LogP contribution >= 0.6 is 12.2 Å². The summed E-state index contributed by atoms with van der Waals surface area (Å²) in [6.07, 6.45) is 0.527. The maximum absolute atomic E-state index is 12.9. The molecule has 1 aliphatic rings. The van der Waals surface area contributed by atoms with Gasteiger partial charge in [0.05, 0.1) is 16.6 Å². The molecule has 4 aromatic rings. The second kappa shape index (κ2) is 7.62. The van der Waals surface area contributed by atoms with E-state index in [4.69, 9.17) is 27.8 Å². The number of esters is 1. The number of nitrogens with one attached hydrogen (secondary N) is 2. The van der Waals surface area contributed by atoms with Crippen LogP contribution in [0.2, 0.25) is 0 Å². The molecule has 156 valence electrons. The SMILES string of the molecule is N=C1CCC(=N)c2cccc(-c3ccc4nc5ccccc5c(C(O)=S)c4c3)c2C(=O)O1. The summed E-state index contributed by atoms with van der Waals surface area (Å²) in [6, 6.07) is 18.2. The molecule has 0 unspecified atom stereocenters. The summed E-state index contributed by atoms with van der Waals surface area (Å²) in [7, 11) is 0. The third-order valence-corrected chi connectivity index (χ3v) is 5.82. The van der Waals surface area contributed by atoms with Gasteiger partial charge < -0.3 is 15.3 Å². The van der Waals surface area contributed by atoms with Gasteiger partial charge in [0, 0.05) is 34.0 Å². The zero-order chi connectivity index (χ0) is 22.4. The Morgan fingerprint density at radius 1 is 0.938 bits per heavy atom. The highest BCUT2D eigenvalue weighted by Gasteiger charge is 2.25. The zero-order valence-electron chi connectivity index (χ0n) is 16.8. The number of benzene rings is 3. The molecule has 3 N–H and O–H groups in total. The molecular weight excluding hydrogens is 422 g/mol. The topological polar surface area (TPSA) is 107 Å². The maximum atomic E-state index is 12.9. The first-order chi connectivity index (χ1) is 15.4. The van der Waals surface area contributed by atoms with Crippen LogP contribution < -0.4 is 0 Å². The van der Waals surface area contributed by atoms with Crippen LogP contribution in [0.1, 0.15) is 34.3 Å². The number of cyclic esters (lactones) is 1. The molecule has 7 heteroatoms. The number of aliphatic hydroxyl groups is 1. The van der Waals surface area contributed by atoms with Crippen LogP contribution in [-0.4, -0.2) is 32.7 Å². The monoisotopic (exact) mass is 439 g/mol. The van der Waals surface area contributed by atoms with Gasteiger partial charge in [-0.2, -0.15) is 0 Å². The molecule has 6 nitrogen and oxygen atoms in total. The summed E-state index contributed by atoms with van der Waals surface area (Å²) in [5.74, 6) is -0.804. The molecule has 0 amide bonds. The number of rotatable bonds is 2. The third kappa shape index (κ3) is 3.23. The fourth-order valence-electron chi connectivity index (χ4n) is 4.14. The van der Waals surface area contributed by atoms with Crippen molar-refractivity contribution in [3.8, 4) is 11.1 Å². The first-order valence-corrected chi connectivity index (χ1v) is 10.4. The number of thiocarbonyl (C=S) groups is 1. The Labute approximate surface area is 188 Å². The van der Waals surface area contributed by atoms with Crippen LogP contribution in [0.25, 0.3) is 32.9 Å². The van der Waals surface area contributed by atoms with Gasteiger partial charge in [0.25, 0.3) is 0 Å². The Kier molecular flexibility index (Phi) is 4.75. The largest absolute Gasteiger partial charge is 0.498 e. The van der Waals surface area contributed by atoms with Gasteiger partial charge in [-0.25, -0.2) is 9.78 Å². The number of fused-ring (bicyclic) bond motifs is 3. The van der Waals surface area contributed by atoms with Crippen molar-refractivity contribution < 1.29 is 14.6 Å². The number of ether oxygens (including phenoxy) is 1. The molecule has 32 heavy (non-hydrogen) atoms. The van der Waals surface area contributed by atoms with E-state index in [2.05, 4.69) is 4.98 Å². The summed E-state index contributed by atoms with van der Waals surface area (Å²) >= 11 is 5.16. The van der Waals surface area contributed by atoms with E-state index in [1.165, 1.54) is 0 Å². The molecule has 1 aromatic heterocycles. The predicted molar refractivity (Wildman–Crippen MR) is 128 cm³/mol. The van der Waals surface area contributed by atoms with E-state index >= 15 is 0 Å². The zero-order valence-corrected chi connectivity index (χ0v) is 17.6. The van der Waals surface area contributed by atoms with Crippen LogP contribution in [0.15, 0.2) is 60.7 Å². The molecule has 0 aliphatic carbocycles. The van der Waals surface area contributed by atoms with Crippen molar-refractivity contribution in [2.75, 3.05) is 0 Å². The second-order valence-electron chi connectivity index (χ2n) is 7.56. The summed E-state index contributed by atoms with van der Waals surface area (Å²) in [5.41, 5.74) is 4.21. The predicted octanol–water partition coefficient (Wildman–Crippen LogP) is 5.58. The number of pyridine rings is 1. The van der Waals surface area contributed by atoms with Crippen molar-refractivity contribution in [2.24, 2.45) is 0 Å². The number of nitrogens with zero attached hydrogens (tertiary/aromatic N) is 1. The van der Waals surface area contributed by atoms with E-state index in [9.17, 15) is 9.90 Å². The molecule has 0 saturated heterocycles. The number of carbonyl (C=O) groups is 1. The van der Waals surface area contributed by atoms with E-state index < -0.39 is 5.97 Å². The van der Waals surface area contributed by atoms with Crippen LogP contribution in [0.4, 0.5) is 0 Å². The standard InChI is InChI=1S/C25H17N3O3S/c26-18-9-11-21(27)31-24(29)22-14(5-3-6-15(18)22)13-8-10-20-17(12-13)23(25(30)32)16-4-1-2-7-19(16)28-20/h1-8,10,12,26-27H,9,11H2,(H,30,32). The molecule has 0 fully saturated rings. The lowest BCUT2D eigenvalue weighted by atomic mass is 9.90. The number of aliphatic hydroxyl groups excluding tert-OH is 1. The van der Waals surface area contributed by atoms with Gasteiger partial charge in [0.2, 0.25) is 0 Å². The molecule has 3 aromatic carbocycles. The number of hydrogen-bond donors (Lipinski definition) is 3. The van der Waals surface area contributed by atoms with Crippen molar-refractivity contribution in [3.05, 3.63) is 77.4 Å². The van der Waals surface area contributed by atoms with Gasteiger partial charge in [0.1, 0.15) is 0 Å². The van der Waals surface area contributed by atoms with E-state index in [0.29, 0.717) is 39.6 Å². The van der Waals surface area contributed by atoms with Gasteiger partial charge in [-0.15, -0.1) is 0 Å². The van der Waals surface area contributed by atoms with Crippen molar-refractivity contribution in [3.63, 3.8) is 0 Å². The first-order valence-electron chi connectivity index (χ1n) is 10.0. The highest BCUT2D eigenvalue weighted by atomic mass is 32.1. The normalized spacial score (nSPS) is 14.1. The molecule has 0 atom stereocenters. The first kappa shape index (κ1) is 20.0. The van der Waals surface area contributed by atoms with Crippen molar-refractivity contribution in [1.29, 1.82) is 10.8 Å². The quantitative estimate of drug-likeness (QED) is 0.215. The summed E-state index contributed by atoms with van der Waals surface area (Å²) < 4.78 is 5.21. The van der Waals surface area contributed by atoms with Gasteiger partial charge in [0.15, 0.2) is 10.9 Å². The van der Waals surface area contributed by atoms with E-state index in [0.717, 1.165) is 10.9 Å². The molecule has 0 spiro atoms. The average molecular weight is 439 g/mol. The lowest BCUT2D eigenvalue weighted by Gasteiger charge is -2.18. The Morgan fingerprint density at radius 2 is 1.69 bits per heavy atom. The molecule has 5 rings (SSSR count). The van der Waals surface area contributed by atoms with Crippen molar-refractivity contribution >= 4 is 56.7 Å². The smallest absolute Gasteiger partial charge is 0.345 e. The lowest BCUT2D eigenvalue weighted by molar-refractivity contribution is 0.0709. The van der Waals surface area contributed by atoms with Gasteiger partial charge in [-0.3, -0.25) is 5.41 Å². The Hall–Kier alpha value is -3.97. The fourth-order valence-corrected chi connectivity index (χ4v) is 4.36. The van der Waals surface area contributed by atoms with Crippen LogP contribution in [0.3, 0.4) is 0 Å². The molecule has 1 aliphatic heterocycles. The second-order valence-corrected chi connectivity index (χ2v) is 7.95. The van der Waals surface area contributed by atoms with Crippen molar-refractivity contribution in [2.45, 2.75) is 12.8 Å². The molecule has 2 heterocycles. The summed E-state index contributed by atoms with van der Waals surface area (Å²) in [6.45, 7) is 0. The average Bonchev–Trinajstić information content (AvgIpc) is 2.79. The van der Waals surface area contributed by atoms with Crippen LogP contribution in [-0.2, 0) is 4.74 Å². The van der Waals surface area contributed by atoms with Crippen molar-refractivity contribution in [1.82, 2.24) is 4.98 Å². The van der Waals surface area contributed by atoms with E-state index in [1.807, 2.05) is 42.5 Å². The fraction of sp³-hybridized carbons (Fsp3) is 0.0800. The van der Waals surface area contributed by atoms with Gasteiger partial charge in [-0.1, -0.05) is 42.5 Å². The molecule has 0 bridgehead atoms. The lowest BCUT2D eigenvalue weighted by Crippen LogP contribution is -2.21. The highest BCUT2D eigenvalue weighted by Crippen LogP contribution is 2.34. The summed E-state index contributed by atoms with van der Waals surface area (Å²) in [5, 5.41) is 27.7. The Balaban J connectivity index is 1.80.